The van der Waals surface area contributed by atoms with Gasteiger partial charge in [0, 0.05) is 26.6 Å². The van der Waals surface area contributed by atoms with E-state index in [9.17, 15) is 0 Å². The molecule has 0 unspecified atom stereocenters. The molecule has 0 aliphatic carbocycles. The summed E-state index contributed by atoms with van der Waals surface area (Å²) >= 11 is 0. The van der Waals surface area contributed by atoms with Gasteiger partial charge in [0.2, 0.25) is 0 Å². The molecule has 0 fully saturated rings. The minimum atomic E-state index is 0. The van der Waals surface area contributed by atoms with Crippen molar-refractivity contribution in [3.63, 3.8) is 0 Å². The second kappa shape index (κ2) is 27.6. The predicted octanol–water partition coefficient (Wildman–Crippen LogP) is 3.09. The van der Waals surface area contributed by atoms with Crippen LogP contribution in [0.15, 0.2) is 48.8 Å². The first-order valence-electron chi connectivity index (χ1n) is 5.49. The Balaban J connectivity index is -0.000000140. The number of rotatable bonds is 1. The van der Waals surface area contributed by atoms with E-state index >= 15 is 0 Å². The zero-order chi connectivity index (χ0) is 17.6. The van der Waals surface area contributed by atoms with Crippen LogP contribution in [0, 0.1) is 0 Å². The number of hydrogen-bond donors (Lipinski definition) is 2. The SMILES string of the molecule is CO.CO.[N-]=[N+]=[N-].[N-]=[N+]=[N-].[Ni+2].c1ccc(-c2ccccn2)nc1. The van der Waals surface area contributed by atoms with Gasteiger partial charge in [0.05, 0.1) is 11.4 Å². The van der Waals surface area contributed by atoms with Crippen LogP contribution >= 0.6 is 0 Å². The van der Waals surface area contributed by atoms with Gasteiger partial charge in [-0.3, -0.25) is 19.8 Å². The third kappa shape index (κ3) is 19.3. The smallest absolute Gasteiger partial charge is 0.400 e. The summed E-state index contributed by atoms with van der Waals surface area (Å²) in [5.74, 6) is 0. The fourth-order valence-corrected chi connectivity index (χ4v) is 1.03. The Morgan fingerprint density at radius 1 is 0.696 bits per heavy atom. The maximum absolute atomic E-state index is 7.00. The van der Waals surface area contributed by atoms with Crippen molar-refractivity contribution in [1.82, 2.24) is 9.97 Å². The zero-order valence-electron chi connectivity index (χ0n) is 12.4. The van der Waals surface area contributed by atoms with Gasteiger partial charge in [0.25, 0.3) is 0 Å². The van der Waals surface area contributed by atoms with E-state index in [1.807, 2.05) is 36.4 Å². The van der Waals surface area contributed by atoms with Gasteiger partial charge in [-0.15, -0.1) is 0 Å². The molecule has 2 heterocycles. The monoisotopic (exact) mass is 362 g/mol. The summed E-state index contributed by atoms with van der Waals surface area (Å²) < 4.78 is 0. The quantitative estimate of drug-likeness (QED) is 0.341. The number of nitrogens with zero attached hydrogens (tertiary/aromatic N) is 8. The van der Waals surface area contributed by atoms with Crippen molar-refractivity contribution in [2.45, 2.75) is 0 Å². The first-order chi connectivity index (χ1) is 10.8. The number of aliphatic hydroxyl groups excluding tert-OH is 2. The van der Waals surface area contributed by atoms with Crippen LogP contribution in [-0.4, -0.2) is 34.4 Å². The molecule has 23 heavy (non-hydrogen) atoms. The molecule has 11 heteroatoms. The predicted molar refractivity (Wildman–Crippen MR) is 83.9 cm³/mol. The van der Waals surface area contributed by atoms with Gasteiger partial charge in [0.1, 0.15) is 0 Å². The van der Waals surface area contributed by atoms with E-state index < -0.39 is 0 Å². The third-order valence-corrected chi connectivity index (χ3v) is 1.59. The first kappa shape index (κ1) is 28.5. The molecule has 2 rings (SSSR count). The maximum atomic E-state index is 7.00. The van der Waals surface area contributed by atoms with Crippen molar-refractivity contribution in [2.75, 3.05) is 14.2 Å². The maximum Gasteiger partial charge on any atom is 2.00 e. The van der Waals surface area contributed by atoms with Crippen LogP contribution in [-0.2, 0) is 16.5 Å². The van der Waals surface area contributed by atoms with Crippen molar-refractivity contribution in [3.05, 3.63) is 80.7 Å². The van der Waals surface area contributed by atoms with E-state index in [1.54, 1.807) is 12.4 Å². The van der Waals surface area contributed by atoms with Crippen molar-refractivity contribution in [2.24, 2.45) is 0 Å². The summed E-state index contributed by atoms with van der Waals surface area (Å²) in [5, 5.41) is 14.0. The molecular formula is C12H16N8NiO2. The third-order valence-electron chi connectivity index (χ3n) is 1.59. The van der Waals surface area contributed by atoms with Crippen LogP contribution in [0.2, 0.25) is 0 Å². The molecule has 2 aromatic heterocycles. The fourth-order valence-electron chi connectivity index (χ4n) is 1.03. The van der Waals surface area contributed by atoms with Crippen molar-refractivity contribution in [1.29, 1.82) is 0 Å². The summed E-state index contributed by atoms with van der Waals surface area (Å²) in [6.45, 7) is 0. The first-order valence-corrected chi connectivity index (χ1v) is 5.49. The zero-order valence-corrected chi connectivity index (χ0v) is 13.4. The Morgan fingerprint density at radius 2 is 0.957 bits per heavy atom. The van der Waals surface area contributed by atoms with E-state index in [4.69, 9.17) is 32.3 Å². The van der Waals surface area contributed by atoms with Gasteiger partial charge < -0.3 is 32.3 Å². The number of hydrogen-bond acceptors (Lipinski definition) is 4. The molecule has 10 nitrogen and oxygen atoms in total. The van der Waals surface area contributed by atoms with Crippen LogP contribution in [0.25, 0.3) is 43.3 Å². The van der Waals surface area contributed by atoms with Crippen LogP contribution in [0.3, 0.4) is 0 Å². The molecule has 0 amide bonds. The van der Waals surface area contributed by atoms with Crippen LogP contribution < -0.4 is 0 Å². The van der Waals surface area contributed by atoms with Gasteiger partial charge in [-0.2, -0.15) is 0 Å². The molecule has 0 bridgehead atoms. The van der Waals surface area contributed by atoms with Gasteiger partial charge >= 0.3 is 16.5 Å². The Morgan fingerprint density at radius 3 is 1.13 bits per heavy atom. The molecule has 0 aliphatic rings. The molecule has 2 N–H and O–H groups in total. The largest absolute Gasteiger partial charge is 2.00 e. The number of aliphatic hydroxyl groups is 2. The summed E-state index contributed by atoms with van der Waals surface area (Å²) in [4.78, 5) is 11.4. The molecule has 0 spiro atoms. The molecule has 0 saturated heterocycles. The average molecular weight is 363 g/mol. The topological polar surface area (TPSA) is 184 Å². The Kier molecular flexibility index (Phi) is 34.2. The molecule has 0 radical (unpaired) electrons. The molecule has 0 aromatic carbocycles. The van der Waals surface area contributed by atoms with E-state index in [1.165, 1.54) is 9.82 Å². The number of pyridine rings is 2. The minimum Gasteiger partial charge on any atom is -0.400 e. The van der Waals surface area contributed by atoms with Crippen LogP contribution in [0.1, 0.15) is 0 Å². The van der Waals surface area contributed by atoms with Crippen molar-refractivity contribution >= 4 is 0 Å². The standard InChI is InChI=1S/C10H8N2.2CH4O.2N3.Ni/c1-3-7-11-9(5-1)10-6-2-4-8-12-10;2*1-2;2*1-3-2;/h1-8H;2*2H,1H3;;;/q;;;2*-1;+2. The minimum absolute atomic E-state index is 0. The second-order valence-corrected chi connectivity index (χ2v) is 2.61. The normalized spacial score (nSPS) is 6.26. The number of aromatic nitrogens is 2. The fraction of sp³-hybridized carbons (Fsp3) is 0.167. The molecular weight excluding hydrogens is 347 g/mol. The molecule has 0 aliphatic heterocycles. The van der Waals surface area contributed by atoms with Crippen molar-refractivity contribution < 1.29 is 26.7 Å². The summed E-state index contributed by atoms with van der Waals surface area (Å²) in [7, 11) is 2.00. The van der Waals surface area contributed by atoms with Gasteiger partial charge in [-0.05, 0) is 24.3 Å². The average Bonchev–Trinajstić information content (AvgIpc) is 2.61. The second-order valence-electron chi connectivity index (χ2n) is 2.61. The van der Waals surface area contributed by atoms with E-state index in [0.717, 1.165) is 25.6 Å². The Labute approximate surface area is 143 Å². The summed E-state index contributed by atoms with van der Waals surface area (Å²) in [6, 6.07) is 11.6. The van der Waals surface area contributed by atoms with Gasteiger partial charge in [-0.1, -0.05) is 12.1 Å². The van der Waals surface area contributed by atoms with E-state index in [2.05, 4.69) is 9.97 Å². The Hall–Kier alpha value is -2.67. The molecule has 2 aromatic rings. The van der Waals surface area contributed by atoms with Crippen LogP contribution in [0.5, 0.6) is 0 Å². The molecule has 0 atom stereocenters. The van der Waals surface area contributed by atoms with Gasteiger partial charge in [-0.25, -0.2) is 0 Å². The summed E-state index contributed by atoms with van der Waals surface area (Å²) in [5.41, 5.74) is 28.8. The summed E-state index contributed by atoms with van der Waals surface area (Å²) in [6.07, 6.45) is 3.54. The molecule has 0 saturated carbocycles. The Bertz CT molecular complexity index is 466. The van der Waals surface area contributed by atoms with E-state index in [-0.39, 0.29) is 16.5 Å². The van der Waals surface area contributed by atoms with Crippen molar-refractivity contribution in [3.8, 4) is 11.4 Å². The van der Waals surface area contributed by atoms with Crippen LogP contribution in [0.4, 0.5) is 0 Å². The van der Waals surface area contributed by atoms with Gasteiger partial charge in [0.15, 0.2) is 0 Å². The van der Waals surface area contributed by atoms with E-state index in [0.29, 0.717) is 0 Å². The molecule has 126 valence electrons.